The van der Waals surface area contributed by atoms with Crippen LogP contribution >= 0.6 is 11.3 Å². The summed E-state index contributed by atoms with van der Waals surface area (Å²) in [6, 6.07) is 42.3. The van der Waals surface area contributed by atoms with Crippen molar-refractivity contribution in [2.75, 3.05) is 0 Å². The number of para-hydroxylation sites is 1. The van der Waals surface area contributed by atoms with Crippen molar-refractivity contribution >= 4 is 70.7 Å². The molecule has 3 nitrogen and oxygen atoms in total. The maximum Gasteiger partial charge on any atom is 0.161 e. The highest BCUT2D eigenvalue weighted by molar-refractivity contribution is 7.26. The first kappa shape index (κ1) is 24.3. The van der Waals surface area contributed by atoms with Gasteiger partial charge in [0.2, 0.25) is 0 Å². The molecule has 0 unspecified atom stereocenters. The molecule has 0 saturated carbocycles. The zero-order valence-corrected chi connectivity index (χ0v) is 23.2. The predicted octanol–water partition coefficient (Wildman–Crippen LogP) is 9.94. The number of aliphatic imine (C=N–C) groups is 2. The number of fused-ring (bicyclic) bond motifs is 7. The largest absolute Gasteiger partial charge is 0.296 e. The molecule has 4 heteroatoms. The predicted molar refractivity (Wildman–Crippen MR) is 174 cm³/mol. The molecule has 7 aromatic rings. The van der Waals surface area contributed by atoms with E-state index in [0.717, 1.165) is 28.2 Å². The molecular weight excluding hydrogens is 506 g/mol. The van der Waals surface area contributed by atoms with E-state index in [1.807, 2.05) is 60.7 Å². The molecule has 2 aromatic heterocycles. The van der Waals surface area contributed by atoms with Gasteiger partial charge in [-0.25, -0.2) is 9.98 Å². The Balaban J connectivity index is 1.51. The Bertz CT molecular complexity index is 2110. The number of nitrogens with zero attached hydrogens (tertiary/aromatic N) is 3. The van der Waals surface area contributed by atoms with Gasteiger partial charge in [0.1, 0.15) is 5.84 Å². The molecule has 0 spiro atoms. The van der Waals surface area contributed by atoms with Gasteiger partial charge in [0, 0.05) is 31.8 Å². The van der Waals surface area contributed by atoms with Gasteiger partial charge in [-0.1, -0.05) is 115 Å². The summed E-state index contributed by atoms with van der Waals surface area (Å²) in [5.41, 5.74) is 5.28. The second-order valence-corrected chi connectivity index (χ2v) is 10.8. The van der Waals surface area contributed by atoms with Crippen LogP contribution in [0.4, 0.5) is 0 Å². The van der Waals surface area contributed by atoms with Crippen molar-refractivity contribution in [1.82, 2.24) is 4.57 Å². The van der Waals surface area contributed by atoms with Crippen molar-refractivity contribution in [3.05, 3.63) is 139 Å². The lowest BCUT2D eigenvalue weighted by atomic mass is 10.1. The Morgan fingerprint density at radius 1 is 0.625 bits per heavy atom. The van der Waals surface area contributed by atoms with Crippen LogP contribution in [0.3, 0.4) is 0 Å². The molecule has 40 heavy (non-hydrogen) atoms. The Hall–Kier alpha value is -4.80. The summed E-state index contributed by atoms with van der Waals surface area (Å²) in [5.74, 6) is 1.56. The minimum Gasteiger partial charge on any atom is -0.296 e. The van der Waals surface area contributed by atoms with Crippen LogP contribution < -0.4 is 0 Å². The molecule has 0 amide bonds. The topological polar surface area (TPSA) is 29.6 Å². The maximum absolute atomic E-state index is 5.26. The highest BCUT2D eigenvalue weighted by Crippen LogP contribution is 2.41. The van der Waals surface area contributed by atoms with E-state index in [9.17, 15) is 0 Å². The third kappa shape index (κ3) is 4.05. The minimum atomic E-state index is 0.685. The minimum absolute atomic E-state index is 0.685. The summed E-state index contributed by atoms with van der Waals surface area (Å²) in [5, 5.41) is 5.04. The molecule has 0 aliphatic carbocycles. The van der Waals surface area contributed by atoms with Crippen LogP contribution in [0, 0.1) is 0 Å². The molecule has 0 atom stereocenters. The molecule has 0 aliphatic heterocycles. The molecule has 192 valence electrons. The standard InChI is InChI=1S/C36H27N3S/c1-3-31(25-14-6-4-7-15-25)38-36(26-16-8-5-9-17-26)37-24(2)39-32-20-12-10-18-27(32)29-22-23-30-28-19-11-13-21-33(28)40-35(30)34(29)39/h3-23H,1-2H3/b31-3+,37-24?,38-36?. The van der Waals surface area contributed by atoms with E-state index < -0.39 is 0 Å². The number of thiophene rings is 1. The van der Waals surface area contributed by atoms with E-state index in [1.54, 1.807) is 0 Å². The number of hydrogen-bond acceptors (Lipinski definition) is 2. The fourth-order valence-electron chi connectivity index (χ4n) is 5.53. The van der Waals surface area contributed by atoms with Crippen molar-refractivity contribution in [3.8, 4) is 0 Å². The Kier molecular flexibility index (Phi) is 6.10. The third-order valence-corrected chi connectivity index (χ3v) is 8.57. The first-order valence-electron chi connectivity index (χ1n) is 13.5. The quantitative estimate of drug-likeness (QED) is 0.160. The van der Waals surface area contributed by atoms with Crippen LogP contribution in [-0.4, -0.2) is 16.2 Å². The van der Waals surface area contributed by atoms with Crippen molar-refractivity contribution in [1.29, 1.82) is 0 Å². The average Bonchev–Trinajstić information content (AvgIpc) is 3.56. The molecule has 2 heterocycles. The summed E-state index contributed by atoms with van der Waals surface area (Å²) < 4.78 is 4.89. The highest BCUT2D eigenvalue weighted by atomic mass is 32.1. The van der Waals surface area contributed by atoms with E-state index in [1.165, 1.54) is 36.5 Å². The molecule has 7 rings (SSSR count). The molecule has 0 fully saturated rings. The van der Waals surface area contributed by atoms with E-state index in [-0.39, 0.29) is 0 Å². The average molecular weight is 534 g/mol. The SMILES string of the molecule is C/C=C(/N=C(N=C(C)n1c2ccccc2c2ccc3c4ccccc4sc3c21)c1ccccc1)c1ccccc1. The second-order valence-electron chi connectivity index (χ2n) is 9.79. The van der Waals surface area contributed by atoms with Crippen molar-refractivity contribution in [2.45, 2.75) is 13.8 Å². The van der Waals surface area contributed by atoms with Crippen LogP contribution in [0.5, 0.6) is 0 Å². The lowest BCUT2D eigenvalue weighted by Crippen LogP contribution is -2.11. The van der Waals surface area contributed by atoms with Gasteiger partial charge in [0.25, 0.3) is 0 Å². The number of amidine groups is 1. The van der Waals surface area contributed by atoms with Gasteiger partial charge < -0.3 is 0 Å². The van der Waals surface area contributed by atoms with E-state index >= 15 is 0 Å². The molecule has 0 N–H and O–H groups in total. The van der Waals surface area contributed by atoms with Gasteiger partial charge in [-0.2, -0.15) is 0 Å². The summed E-state index contributed by atoms with van der Waals surface area (Å²) in [4.78, 5) is 10.4. The normalized spacial score (nSPS) is 13.2. The number of benzene rings is 5. The maximum atomic E-state index is 5.26. The molecule has 0 saturated heterocycles. The number of hydrogen-bond donors (Lipinski definition) is 0. The zero-order chi connectivity index (χ0) is 27.1. The van der Waals surface area contributed by atoms with Gasteiger partial charge in [0.05, 0.1) is 21.4 Å². The van der Waals surface area contributed by atoms with Gasteiger partial charge in [0.15, 0.2) is 5.84 Å². The number of rotatable bonds is 3. The first-order valence-corrected chi connectivity index (χ1v) is 14.3. The number of aromatic nitrogens is 1. The summed E-state index contributed by atoms with van der Waals surface area (Å²) in [6.45, 7) is 4.12. The smallest absolute Gasteiger partial charge is 0.161 e. The second kappa shape index (κ2) is 10.1. The van der Waals surface area contributed by atoms with E-state index in [4.69, 9.17) is 9.98 Å². The van der Waals surface area contributed by atoms with E-state index in [2.05, 4.69) is 96.4 Å². The van der Waals surface area contributed by atoms with Crippen LogP contribution in [0.25, 0.3) is 47.7 Å². The first-order chi connectivity index (χ1) is 19.7. The van der Waals surface area contributed by atoms with Crippen LogP contribution in [0.15, 0.2) is 137 Å². The van der Waals surface area contributed by atoms with Crippen molar-refractivity contribution < 1.29 is 0 Å². The lowest BCUT2D eigenvalue weighted by molar-refractivity contribution is 1.25. The summed E-state index contributed by atoms with van der Waals surface area (Å²) in [6.07, 6.45) is 2.05. The summed E-state index contributed by atoms with van der Waals surface area (Å²) in [7, 11) is 0. The monoisotopic (exact) mass is 533 g/mol. The van der Waals surface area contributed by atoms with Gasteiger partial charge in [-0.15, -0.1) is 11.3 Å². The van der Waals surface area contributed by atoms with Gasteiger partial charge in [-0.3, -0.25) is 4.57 Å². The zero-order valence-electron chi connectivity index (χ0n) is 22.4. The molecule has 0 radical (unpaired) electrons. The Morgan fingerprint density at radius 3 is 2.00 bits per heavy atom. The molecular formula is C36H27N3S. The van der Waals surface area contributed by atoms with Crippen molar-refractivity contribution in [2.24, 2.45) is 9.98 Å². The fraction of sp³-hybridized carbons (Fsp3) is 0.0556. The molecule has 0 aliphatic rings. The van der Waals surface area contributed by atoms with Gasteiger partial charge in [-0.05, 0) is 31.5 Å². The van der Waals surface area contributed by atoms with Crippen LogP contribution in [-0.2, 0) is 0 Å². The van der Waals surface area contributed by atoms with E-state index in [0.29, 0.717) is 5.84 Å². The fourth-order valence-corrected chi connectivity index (χ4v) is 6.77. The molecule has 0 bridgehead atoms. The lowest BCUT2D eigenvalue weighted by Gasteiger charge is -2.10. The third-order valence-electron chi connectivity index (χ3n) is 7.37. The Labute approximate surface area is 237 Å². The van der Waals surface area contributed by atoms with Gasteiger partial charge >= 0.3 is 0 Å². The molecule has 5 aromatic carbocycles. The van der Waals surface area contributed by atoms with Crippen LogP contribution in [0.1, 0.15) is 25.0 Å². The Morgan fingerprint density at radius 2 is 1.25 bits per heavy atom. The van der Waals surface area contributed by atoms with Crippen LogP contribution in [0.2, 0.25) is 0 Å². The van der Waals surface area contributed by atoms with Crippen molar-refractivity contribution in [3.63, 3.8) is 0 Å². The summed E-state index contributed by atoms with van der Waals surface area (Å²) >= 11 is 1.85. The highest BCUT2D eigenvalue weighted by Gasteiger charge is 2.18. The number of allylic oxidation sites excluding steroid dienone is 1.